The molecule has 2 aromatic carbocycles. The third kappa shape index (κ3) is 6.33. The van der Waals surface area contributed by atoms with E-state index in [4.69, 9.17) is 25.8 Å². The standard InChI is InChI=1S/C20H21ClN2O7S/c1-13(20(25)23-15-5-3-14(21)4-6-15)30-19(24)12-22-31(26,27)16-7-8-17-18(11-16)29-10-2-9-28-17/h3-8,11,13,22H,2,9-10,12H2,1H3,(H,23,25). The van der Waals surface area contributed by atoms with E-state index in [1.807, 2.05) is 0 Å². The van der Waals surface area contributed by atoms with Gasteiger partial charge in [-0.05, 0) is 43.3 Å². The smallest absolute Gasteiger partial charge is 0.321 e. The number of rotatable bonds is 7. The van der Waals surface area contributed by atoms with Crippen LogP contribution in [0.2, 0.25) is 5.02 Å². The van der Waals surface area contributed by atoms with E-state index < -0.39 is 34.5 Å². The lowest BCUT2D eigenvalue weighted by Crippen LogP contribution is -2.35. The van der Waals surface area contributed by atoms with Crippen LogP contribution in [0.3, 0.4) is 0 Å². The zero-order chi connectivity index (χ0) is 22.4. The van der Waals surface area contributed by atoms with Crippen LogP contribution in [0, 0.1) is 0 Å². The van der Waals surface area contributed by atoms with Gasteiger partial charge in [0.25, 0.3) is 5.91 Å². The Morgan fingerprint density at radius 2 is 1.77 bits per heavy atom. The van der Waals surface area contributed by atoms with Crippen molar-refractivity contribution in [1.82, 2.24) is 4.72 Å². The maximum Gasteiger partial charge on any atom is 0.321 e. The monoisotopic (exact) mass is 468 g/mol. The summed E-state index contributed by atoms with van der Waals surface area (Å²) >= 11 is 5.79. The Morgan fingerprint density at radius 3 is 2.48 bits per heavy atom. The molecule has 0 radical (unpaired) electrons. The summed E-state index contributed by atoms with van der Waals surface area (Å²) in [6.45, 7) is 1.62. The molecule has 2 N–H and O–H groups in total. The number of sulfonamides is 1. The Morgan fingerprint density at radius 1 is 1.10 bits per heavy atom. The molecular formula is C20H21ClN2O7S. The van der Waals surface area contributed by atoms with E-state index in [0.717, 1.165) is 0 Å². The highest BCUT2D eigenvalue weighted by molar-refractivity contribution is 7.89. The molecule has 1 unspecified atom stereocenters. The van der Waals surface area contributed by atoms with Crippen LogP contribution in [0.15, 0.2) is 47.4 Å². The fraction of sp³-hybridized carbons (Fsp3) is 0.300. The number of anilines is 1. The summed E-state index contributed by atoms with van der Waals surface area (Å²) in [5.41, 5.74) is 0.479. The summed E-state index contributed by atoms with van der Waals surface area (Å²) in [6.07, 6.45) is -0.448. The number of carbonyl (C=O) groups excluding carboxylic acids is 2. The van der Waals surface area contributed by atoms with Gasteiger partial charge in [0, 0.05) is 23.2 Å². The van der Waals surface area contributed by atoms with Crippen LogP contribution in [0.25, 0.3) is 0 Å². The molecule has 0 saturated heterocycles. The van der Waals surface area contributed by atoms with Gasteiger partial charge in [0.1, 0.15) is 6.54 Å². The Hall–Kier alpha value is -2.82. The van der Waals surface area contributed by atoms with Crippen LogP contribution in [-0.2, 0) is 24.3 Å². The number of nitrogens with one attached hydrogen (secondary N) is 2. The second-order valence-corrected chi connectivity index (χ2v) is 8.82. The first-order valence-electron chi connectivity index (χ1n) is 9.40. The van der Waals surface area contributed by atoms with Gasteiger partial charge in [-0.15, -0.1) is 0 Å². The molecule has 11 heteroatoms. The second-order valence-electron chi connectivity index (χ2n) is 6.61. The van der Waals surface area contributed by atoms with Crippen molar-refractivity contribution in [1.29, 1.82) is 0 Å². The number of esters is 1. The summed E-state index contributed by atoms with van der Waals surface area (Å²) in [4.78, 5) is 24.1. The molecule has 1 heterocycles. The Labute approximate surface area is 184 Å². The first-order valence-corrected chi connectivity index (χ1v) is 11.3. The van der Waals surface area contributed by atoms with Crippen molar-refractivity contribution in [3.8, 4) is 11.5 Å². The Balaban J connectivity index is 1.53. The van der Waals surface area contributed by atoms with Gasteiger partial charge >= 0.3 is 5.97 Å². The van der Waals surface area contributed by atoms with Gasteiger partial charge in [0.15, 0.2) is 17.6 Å². The Kier molecular flexibility index (Phi) is 7.37. The minimum absolute atomic E-state index is 0.0851. The average Bonchev–Trinajstić information content (AvgIpc) is 2.99. The van der Waals surface area contributed by atoms with Gasteiger partial charge in [0.05, 0.1) is 18.1 Å². The summed E-state index contributed by atoms with van der Waals surface area (Å²) in [6, 6.07) is 10.6. The first-order chi connectivity index (χ1) is 14.7. The van der Waals surface area contributed by atoms with Crippen molar-refractivity contribution in [3.63, 3.8) is 0 Å². The van der Waals surface area contributed by atoms with Gasteiger partial charge in [-0.1, -0.05) is 11.6 Å². The third-order valence-corrected chi connectivity index (χ3v) is 5.88. The molecule has 0 saturated carbocycles. The van der Waals surface area contributed by atoms with Crippen molar-refractivity contribution in [2.45, 2.75) is 24.3 Å². The Bertz CT molecular complexity index is 1060. The maximum atomic E-state index is 12.5. The SMILES string of the molecule is CC(OC(=O)CNS(=O)(=O)c1ccc2c(c1)OCCCO2)C(=O)Nc1ccc(Cl)cc1. The molecule has 0 aliphatic carbocycles. The van der Waals surface area contributed by atoms with Crippen LogP contribution in [0.5, 0.6) is 11.5 Å². The van der Waals surface area contributed by atoms with Gasteiger partial charge in [-0.3, -0.25) is 9.59 Å². The van der Waals surface area contributed by atoms with Crippen molar-refractivity contribution < 1.29 is 32.2 Å². The predicted molar refractivity (Wildman–Crippen MR) is 113 cm³/mol. The van der Waals surface area contributed by atoms with E-state index >= 15 is 0 Å². The highest BCUT2D eigenvalue weighted by atomic mass is 35.5. The van der Waals surface area contributed by atoms with Gasteiger partial charge in [-0.25, -0.2) is 8.42 Å². The number of halogens is 1. The predicted octanol–water partition coefficient (Wildman–Crippen LogP) is 2.35. The highest BCUT2D eigenvalue weighted by Crippen LogP contribution is 2.31. The number of amides is 1. The zero-order valence-corrected chi connectivity index (χ0v) is 18.2. The molecule has 1 amide bonds. The molecule has 0 fully saturated rings. The van der Waals surface area contributed by atoms with Crippen molar-refractivity contribution in [2.24, 2.45) is 0 Å². The fourth-order valence-corrected chi connectivity index (χ4v) is 3.73. The molecule has 0 bridgehead atoms. The normalized spacial score (nSPS) is 14.3. The van der Waals surface area contributed by atoms with Crippen LogP contribution in [0.4, 0.5) is 5.69 Å². The number of ether oxygens (including phenoxy) is 3. The fourth-order valence-electron chi connectivity index (χ4n) is 2.62. The average molecular weight is 469 g/mol. The molecule has 0 spiro atoms. The molecule has 3 rings (SSSR count). The largest absolute Gasteiger partial charge is 0.490 e. The van der Waals surface area contributed by atoms with E-state index in [0.29, 0.717) is 41.8 Å². The quantitative estimate of drug-likeness (QED) is 0.598. The highest BCUT2D eigenvalue weighted by Gasteiger charge is 2.22. The van der Waals surface area contributed by atoms with Crippen LogP contribution >= 0.6 is 11.6 Å². The first kappa shape index (κ1) is 22.9. The molecule has 1 atom stereocenters. The summed E-state index contributed by atoms with van der Waals surface area (Å²) in [7, 11) is -4.01. The van der Waals surface area contributed by atoms with Crippen molar-refractivity contribution in [2.75, 3.05) is 25.1 Å². The molecule has 0 aromatic heterocycles. The molecule has 2 aromatic rings. The number of carbonyl (C=O) groups is 2. The lowest BCUT2D eigenvalue weighted by atomic mass is 10.3. The van der Waals surface area contributed by atoms with E-state index in [9.17, 15) is 18.0 Å². The minimum Gasteiger partial charge on any atom is -0.490 e. The molecule has 1 aliphatic rings. The van der Waals surface area contributed by atoms with E-state index in [1.165, 1.54) is 25.1 Å². The van der Waals surface area contributed by atoms with Gasteiger partial charge < -0.3 is 19.5 Å². The molecule has 9 nitrogen and oxygen atoms in total. The number of benzene rings is 2. The van der Waals surface area contributed by atoms with Gasteiger partial charge in [-0.2, -0.15) is 4.72 Å². The van der Waals surface area contributed by atoms with Crippen LogP contribution < -0.4 is 19.5 Å². The lowest BCUT2D eigenvalue weighted by molar-refractivity contribution is -0.151. The summed E-state index contributed by atoms with van der Waals surface area (Å²) in [5.74, 6) is -0.704. The topological polar surface area (TPSA) is 120 Å². The molecule has 31 heavy (non-hydrogen) atoms. The summed E-state index contributed by atoms with van der Waals surface area (Å²) in [5, 5.41) is 3.08. The van der Waals surface area contributed by atoms with E-state index in [1.54, 1.807) is 24.3 Å². The van der Waals surface area contributed by atoms with Crippen LogP contribution in [0.1, 0.15) is 13.3 Å². The molecule has 166 valence electrons. The lowest BCUT2D eigenvalue weighted by Gasteiger charge is -2.14. The number of hydrogen-bond acceptors (Lipinski definition) is 7. The van der Waals surface area contributed by atoms with Gasteiger partial charge in [0.2, 0.25) is 10.0 Å². The second kappa shape index (κ2) is 9.99. The minimum atomic E-state index is -4.01. The number of hydrogen-bond donors (Lipinski definition) is 2. The molecule has 1 aliphatic heterocycles. The van der Waals surface area contributed by atoms with E-state index in [-0.39, 0.29) is 4.90 Å². The van der Waals surface area contributed by atoms with Crippen molar-refractivity contribution in [3.05, 3.63) is 47.5 Å². The zero-order valence-electron chi connectivity index (χ0n) is 16.6. The maximum absolute atomic E-state index is 12.5. The van der Waals surface area contributed by atoms with E-state index in [2.05, 4.69) is 10.0 Å². The van der Waals surface area contributed by atoms with Crippen LogP contribution in [-0.4, -0.2) is 46.2 Å². The number of fused-ring (bicyclic) bond motifs is 1. The molecular weight excluding hydrogens is 448 g/mol. The summed E-state index contributed by atoms with van der Waals surface area (Å²) < 4.78 is 43.1. The third-order valence-electron chi connectivity index (χ3n) is 4.23. The van der Waals surface area contributed by atoms with Crippen molar-refractivity contribution >= 4 is 39.2 Å².